The maximum absolute atomic E-state index is 6.01. The Labute approximate surface area is 126 Å². The van der Waals surface area contributed by atoms with Gasteiger partial charge in [-0.15, -0.1) is 0 Å². The van der Waals surface area contributed by atoms with Crippen LogP contribution in [0.1, 0.15) is 24.5 Å². The van der Waals surface area contributed by atoms with Gasteiger partial charge in [0.15, 0.2) is 0 Å². The number of hydrogen-bond donors (Lipinski definition) is 1. The summed E-state index contributed by atoms with van der Waals surface area (Å²) in [5.74, 6) is 1.66. The standard InChI is InChI=1S/C18H23NO2/c1-3-16(19)10-14-6-4-8-17(11-14)21-18-9-5-7-15(12-18)13-20-2/h4-9,11-12,16H,3,10,13,19H2,1-2H3. The number of nitrogens with two attached hydrogens (primary N) is 1. The van der Waals surface area contributed by atoms with E-state index in [9.17, 15) is 0 Å². The zero-order valence-corrected chi connectivity index (χ0v) is 12.7. The molecule has 0 radical (unpaired) electrons. The third-order valence-corrected chi connectivity index (χ3v) is 3.37. The first-order chi connectivity index (χ1) is 10.2. The summed E-state index contributed by atoms with van der Waals surface area (Å²) < 4.78 is 11.1. The van der Waals surface area contributed by atoms with Gasteiger partial charge in [-0.2, -0.15) is 0 Å². The van der Waals surface area contributed by atoms with Crippen molar-refractivity contribution >= 4 is 0 Å². The summed E-state index contributed by atoms with van der Waals surface area (Å²) in [5, 5.41) is 0. The topological polar surface area (TPSA) is 44.5 Å². The van der Waals surface area contributed by atoms with Gasteiger partial charge in [0, 0.05) is 13.2 Å². The van der Waals surface area contributed by atoms with Gasteiger partial charge in [-0.25, -0.2) is 0 Å². The van der Waals surface area contributed by atoms with E-state index in [1.165, 1.54) is 5.56 Å². The van der Waals surface area contributed by atoms with Crippen molar-refractivity contribution in [1.82, 2.24) is 0 Å². The van der Waals surface area contributed by atoms with Crippen molar-refractivity contribution in [2.75, 3.05) is 7.11 Å². The number of ether oxygens (including phenoxy) is 2. The molecule has 0 spiro atoms. The lowest BCUT2D eigenvalue weighted by Crippen LogP contribution is -2.21. The maximum atomic E-state index is 6.01. The molecule has 0 saturated heterocycles. The van der Waals surface area contributed by atoms with E-state index in [2.05, 4.69) is 19.1 Å². The Kier molecular flexibility index (Phi) is 5.78. The molecule has 0 fully saturated rings. The van der Waals surface area contributed by atoms with Crippen molar-refractivity contribution < 1.29 is 9.47 Å². The predicted molar refractivity (Wildman–Crippen MR) is 85.6 cm³/mol. The van der Waals surface area contributed by atoms with Crippen molar-refractivity contribution in [1.29, 1.82) is 0 Å². The summed E-state index contributed by atoms with van der Waals surface area (Å²) in [5.41, 5.74) is 8.31. The number of benzene rings is 2. The minimum Gasteiger partial charge on any atom is -0.457 e. The Bertz CT molecular complexity index is 569. The van der Waals surface area contributed by atoms with Crippen molar-refractivity contribution in [3.8, 4) is 11.5 Å². The van der Waals surface area contributed by atoms with Crippen LogP contribution in [0.2, 0.25) is 0 Å². The fourth-order valence-corrected chi connectivity index (χ4v) is 2.18. The highest BCUT2D eigenvalue weighted by molar-refractivity contribution is 5.36. The first kappa shape index (κ1) is 15.5. The number of hydrogen-bond acceptors (Lipinski definition) is 3. The van der Waals surface area contributed by atoms with E-state index in [1.807, 2.05) is 36.4 Å². The average molecular weight is 285 g/mol. The second-order valence-corrected chi connectivity index (χ2v) is 5.20. The maximum Gasteiger partial charge on any atom is 0.127 e. The van der Waals surface area contributed by atoms with Gasteiger partial charge < -0.3 is 15.2 Å². The molecular weight excluding hydrogens is 262 g/mol. The van der Waals surface area contributed by atoms with Crippen LogP contribution >= 0.6 is 0 Å². The monoisotopic (exact) mass is 285 g/mol. The Morgan fingerprint density at radius 3 is 2.24 bits per heavy atom. The van der Waals surface area contributed by atoms with Crippen LogP contribution in [0, 0.1) is 0 Å². The summed E-state index contributed by atoms with van der Waals surface area (Å²) >= 11 is 0. The van der Waals surface area contributed by atoms with Gasteiger partial charge in [0.1, 0.15) is 11.5 Å². The molecule has 0 heterocycles. The molecule has 2 rings (SSSR count). The normalized spacial score (nSPS) is 12.1. The molecular formula is C18H23NO2. The summed E-state index contributed by atoms with van der Waals surface area (Å²) in [4.78, 5) is 0. The van der Waals surface area contributed by atoms with Crippen LogP contribution in [-0.2, 0) is 17.8 Å². The highest BCUT2D eigenvalue weighted by Crippen LogP contribution is 2.24. The average Bonchev–Trinajstić information content (AvgIpc) is 2.48. The van der Waals surface area contributed by atoms with Crippen molar-refractivity contribution in [3.05, 3.63) is 59.7 Å². The van der Waals surface area contributed by atoms with E-state index >= 15 is 0 Å². The highest BCUT2D eigenvalue weighted by Gasteiger charge is 2.04. The van der Waals surface area contributed by atoms with E-state index in [0.29, 0.717) is 6.61 Å². The zero-order chi connectivity index (χ0) is 15.1. The highest BCUT2D eigenvalue weighted by atomic mass is 16.5. The molecule has 0 bridgehead atoms. The number of rotatable bonds is 7. The van der Waals surface area contributed by atoms with Crippen LogP contribution < -0.4 is 10.5 Å². The quantitative estimate of drug-likeness (QED) is 0.839. The van der Waals surface area contributed by atoms with Gasteiger partial charge in [0.25, 0.3) is 0 Å². The molecule has 2 aromatic carbocycles. The molecule has 1 atom stereocenters. The fraction of sp³-hybridized carbons (Fsp3) is 0.333. The Hall–Kier alpha value is -1.84. The predicted octanol–water partition coefficient (Wildman–Crippen LogP) is 3.91. The molecule has 0 aliphatic carbocycles. The summed E-state index contributed by atoms with van der Waals surface area (Å²) in [6.07, 6.45) is 1.85. The van der Waals surface area contributed by atoms with Crippen LogP contribution in [0.3, 0.4) is 0 Å². The van der Waals surface area contributed by atoms with Gasteiger partial charge in [0.2, 0.25) is 0 Å². The molecule has 21 heavy (non-hydrogen) atoms. The summed E-state index contributed by atoms with van der Waals surface area (Å²) in [7, 11) is 1.69. The van der Waals surface area contributed by atoms with Gasteiger partial charge in [-0.05, 0) is 48.2 Å². The smallest absolute Gasteiger partial charge is 0.127 e. The lowest BCUT2D eigenvalue weighted by atomic mass is 10.0. The molecule has 3 nitrogen and oxygen atoms in total. The van der Waals surface area contributed by atoms with Gasteiger partial charge >= 0.3 is 0 Å². The Balaban J connectivity index is 2.08. The summed E-state index contributed by atoms with van der Waals surface area (Å²) in [6.45, 7) is 2.69. The molecule has 2 N–H and O–H groups in total. The minimum atomic E-state index is 0.199. The van der Waals surface area contributed by atoms with Gasteiger partial charge in [0.05, 0.1) is 6.61 Å². The molecule has 1 unspecified atom stereocenters. The molecule has 0 aliphatic heterocycles. The lowest BCUT2D eigenvalue weighted by Gasteiger charge is -2.11. The first-order valence-corrected chi connectivity index (χ1v) is 7.31. The third-order valence-electron chi connectivity index (χ3n) is 3.37. The molecule has 3 heteroatoms. The summed E-state index contributed by atoms with van der Waals surface area (Å²) in [6, 6.07) is 16.2. The van der Waals surface area contributed by atoms with E-state index in [0.717, 1.165) is 29.9 Å². The molecule has 0 aliphatic rings. The lowest BCUT2D eigenvalue weighted by molar-refractivity contribution is 0.184. The third kappa shape index (κ3) is 4.88. The van der Waals surface area contributed by atoms with Crippen LogP contribution in [0.5, 0.6) is 11.5 Å². The van der Waals surface area contributed by atoms with Crippen molar-refractivity contribution in [2.45, 2.75) is 32.4 Å². The zero-order valence-electron chi connectivity index (χ0n) is 12.7. The van der Waals surface area contributed by atoms with Gasteiger partial charge in [-0.3, -0.25) is 0 Å². The van der Waals surface area contributed by atoms with Crippen LogP contribution in [0.25, 0.3) is 0 Å². The van der Waals surface area contributed by atoms with Crippen LogP contribution in [-0.4, -0.2) is 13.2 Å². The van der Waals surface area contributed by atoms with E-state index in [1.54, 1.807) is 7.11 Å². The van der Waals surface area contributed by atoms with E-state index in [-0.39, 0.29) is 6.04 Å². The second-order valence-electron chi connectivity index (χ2n) is 5.20. The Morgan fingerprint density at radius 2 is 1.62 bits per heavy atom. The van der Waals surface area contributed by atoms with Crippen LogP contribution in [0.15, 0.2) is 48.5 Å². The molecule has 2 aromatic rings. The molecule has 0 saturated carbocycles. The SMILES string of the molecule is CCC(N)Cc1cccc(Oc2cccc(COC)c2)c1. The van der Waals surface area contributed by atoms with Crippen molar-refractivity contribution in [3.63, 3.8) is 0 Å². The fourth-order valence-electron chi connectivity index (χ4n) is 2.18. The van der Waals surface area contributed by atoms with Crippen LogP contribution in [0.4, 0.5) is 0 Å². The Morgan fingerprint density at radius 1 is 1.00 bits per heavy atom. The first-order valence-electron chi connectivity index (χ1n) is 7.31. The van der Waals surface area contributed by atoms with Gasteiger partial charge in [-0.1, -0.05) is 31.2 Å². The van der Waals surface area contributed by atoms with Crippen molar-refractivity contribution in [2.24, 2.45) is 5.73 Å². The number of methoxy groups -OCH3 is 1. The second kappa shape index (κ2) is 7.81. The molecule has 0 amide bonds. The molecule has 0 aromatic heterocycles. The van der Waals surface area contributed by atoms with E-state index < -0.39 is 0 Å². The largest absolute Gasteiger partial charge is 0.457 e. The van der Waals surface area contributed by atoms with E-state index in [4.69, 9.17) is 15.2 Å². The molecule has 112 valence electrons. The minimum absolute atomic E-state index is 0.199.